The molecular weight excluding hydrogens is 765 g/mol. The van der Waals surface area contributed by atoms with Crippen molar-refractivity contribution < 1.29 is 30.0 Å². The number of carbonyl (C=O) groups excluding carboxylic acids is 2. The maximum atomic E-state index is 14.5. The molecule has 0 N–H and O–H groups in total. The van der Waals surface area contributed by atoms with Crippen molar-refractivity contribution in [2.24, 2.45) is 0 Å². The summed E-state index contributed by atoms with van der Waals surface area (Å²) in [6, 6.07) is 50.0. The van der Waals surface area contributed by atoms with Gasteiger partial charge in [0.2, 0.25) is 0 Å². The molecule has 0 saturated heterocycles. The monoisotopic (exact) mass is 810 g/mol. The molecule has 0 saturated carbocycles. The van der Waals surface area contributed by atoms with Crippen molar-refractivity contribution in [3.8, 4) is 35.0 Å². The lowest BCUT2D eigenvalue weighted by atomic mass is 10.0. The molecule has 2 aliphatic rings. The van der Waals surface area contributed by atoms with E-state index in [-0.39, 0.29) is 13.2 Å². The molecule has 0 fully saturated rings. The Morgan fingerprint density at radius 1 is 0.459 bits per heavy atom. The predicted molar refractivity (Wildman–Crippen MR) is 242 cm³/mol. The number of rotatable bonds is 13. The van der Waals surface area contributed by atoms with Crippen molar-refractivity contribution in [2.75, 3.05) is 44.8 Å². The van der Waals surface area contributed by atoms with Gasteiger partial charge in [0, 0.05) is 53.7 Å². The summed E-state index contributed by atoms with van der Waals surface area (Å²) in [7, 11) is 6.57. The number of nitrogens with zero attached hydrogens (tertiary/aromatic N) is 4. The molecule has 10 heteroatoms. The lowest BCUT2D eigenvalue weighted by Crippen LogP contribution is -2.28. The van der Waals surface area contributed by atoms with Crippen LogP contribution in [-0.2, 0) is 9.59 Å². The molecule has 0 aliphatic carbocycles. The van der Waals surface area contributed by atoms with Crippen molar-refractivity contribution in [1.29, 1.82) is 0 Å². The molecule has 0 atom stereocenters. The van der Waals surface area contributed by atoms with Crippen LogP contribution in [0.15, 0.2) is 157 Å². The minimum Gasteiger partial charge on any atom is -0.497 e. The number of fused-ring (bicyclic) bond motifs is 1. The Labute approximate surface area is 357 Å². The van der Waals surface area contributed by atoms with Crippen LogP contribution in [0.2, 0.25) is 0 Å². The van der Waals surface area contributed by atoms with E-state index >= 15 is 0 Å². The van der Waals surface area contributed by atoms with E-state index in [1.54, 1.807) is 40.3 Å². The number of anilines is 6. The Balaban J connectivity index is 0.00000578. The fourth-order valence-electron chi connectivity index (χ4n) is 7.80. The van der Waals surface area contributed by atoms with Crippen LogP contribution in [0.5, 0.6) is 23.0 Å². The van der Waals surface area contributed by atoms with E-state index in [0.29, 0.717) is 34.6 Å². The van der Waals surface area contributed by atoms with Gasteiger partial charge in [0.25, 0.3) is 11.8 Å². The number of hydrogen-bond donors (Lipinski definition) is 0. The summed E-state index contributed by atoms with van der Waals surface area (Å²) in [6.45, 7) is 3.96. The smallest absolute Gasteiger partial charge is 0.273 e. The van der Waals surface area contributed by atoms with Gasteiger partial charge in [-0.2, -0.15) is 0 Å². The average molecular weight is 811 g/mol. The number of ether oxygens (including phenoxy) is 4. The van der Waals surface area contributed by atoms with E-state index in [9.17, 15) is 9.59 Å². The largest absolute Gasteiger partial charge is 0.497 e. The highest BCUT2D eigenvalue weighted by atomic mass is 16.5. The summed E-state index contributed by atoms with van der Waals surface area (Å²) >= 11 is 0. The molecular formula is C51H46N4O6. The highest BCUT2D eigenvalue weighted by Crippen LogP contribution is 2.47. The van der Waals surface area contributed by atoms with Crippen LogP contribution in [0.25, 0.3) is 11.4 Å². The van der Waals surface area contributed by atoms with Gasteiger partial charge in [-0.3, -0.25) is 9.59 Å². The summed E-state index contributed by atoms with van der Waals surface area (Å²) < 4.78 is 21.7. The third-order valence-electron chi connectivity index (χ3n) is 10.8. The Morgan fingerprint density at radius 2 is 0.754 bits per heavy atom. The van der Waals surface area contributed by atoms with Gasteiger partial charge in [-0.15, -0.1) is 0 Å². The second kappa shape index (κ2) is 17.1. The molecule has 0 unspecified atom stereocenters. The van der Waals surface area contributed by atoms with Crippen LogP contribution in [0.1, 0.15) is 26.4 Å². The van der Waals surface area contributed by atoms with Gasteiger partial charge >= 0.3 is 0 Å². The van der Waals surface area contributed by atoms with Gasteiger partial charge in [0.15, 0.2) is 0 Å². The number of methoxy groups -OCH3 is 4. The lowest BCUT2D eigenvalue weighted by Gasteiger charge is -2.27. The van der Waals surface area contributed by atoms with Crippen LogP contribution in [0, 0.1) is 12.0 Å². The number of amides is 2. The van der Waals surface area contributed by atoms with Gasteiger partial charge in [0.1, 0.15) is 23.0 Å². The number of benzene rings is 6. The van der Waals surface area contributed by atoms with Gasteiger partial charge in [-0.25, -0.2) is 4.90 Å². The number of carbonyl (C=O) groups is 2. The zero-order chi connectivity index (χ0) is 42.6. The van der Waals surface area contributed by atoms with Crippen LogP contribution in [-0.4, -0.2) is 56.6 Å². The molecule has 0 aromatic heterocycles. The summed E-state index contributed by atoms with van der Waals surface area (Å²) in [5, 5.41) is 0. The van der Waals surface area contributed by atoms with Gasteiger partial charge in [-0.1, -0.05) is 30.2 Å². The maximum absolute atomic E-state index is 14.5. The van der Waals surface area contributed by atoms with Crippen molar-refractivity contribution in [2.45, 2.75) is 13.8 Å². The Bertz CT molecular complexity index is 2610. The van der Waals surface area contributed by atoms with Gasteiger partial charge in [0.05, 0.1) is 51.0 Å². The average Bonchev–Trinajstić information content (AvgIpc) is 3.77. The minimum absolute atomic E-state index is 0. The maximum Gasteiger partial charge on any atom is 0.273 e. The molecule has 0 spiro atoms. The van der Waals surface area contributed by atoms with E-state index in [4.69, 9.17) is 18.9 Å². The molecule has 2 aliphatic heterocycles. The molecule has 6 aromatic carbocycles. The van der Waals surface area contributed by atoms with Crippen molar-refractivity contribution in [3.05, 3.63) is 168 Å². The van der Waals surface area contributed by atoms with Crippen molar-refractivity contribution in [3.63, 3.8) is 0 Å². The Morgan fingerprint density at radius 3 is 1.05 bits per heavy atom. The van der Waals surface area contributed by atoms with E-state index in [2.05, 4.69) is 21.8 Å². The number of hydrogen-bond acceptors (Lipinski definition) is 8. The minimum atomic E-state index is -0.344. The first-order chi connectivity index (χ1) is 29.8. The van der Waals surface area contributed by atoms with Gasteiger partial charge in [-0.05, 0) is 141 Å². The lowest BCUT2D eigenvalue weighted by molar-refractivity contribution is -0.123. The first-order valence-electron chi connectivity index (χ1n) is 19.8. The first kappa shape index (κ1) is 39.9. The fourth-order valence-corrected chi connectivity index (χ4v) is 7.80. The van der Waals surface area contributed by atoms with Crippen molar-refractivity contribution >= 4 is 57.3 Å². The Kier molecular flexibility index (Phi) is 11.2. The summed E-state index contributed by atoms with van der Waals surface area (Å²) in [6.07, 6.45) is 0. The van der Waals surface area contributed by atoms with Crippen LogP contribution in [0.4, 0.5) is 34.1 Å². The van der Waals surface area contributed by atoms with E-state index < -0.39 is 0 Å². The third kappa shape index (κ3) is 7.38. The molecule has 6 aromatic rings. The molecule has 61 heavy (non-hydrogen) atoms. The molecule has 8 rings (SSSR count). The van der Waals surface area contributed by atoms with Crippen molar-refractivity contribution in [1.82, 2.24) is 9.80 Å². The second-order valence-electron chi connectivity index (χ2n) is 14.1. The fraction of sp³-hybridized carbons (Fsp3) is 0.137. The predicted octanol–water partition coefficient (Wildman–Crippen LogP) is 10.7. The molecule has 306 valence electrons. The zero-order valence-corrected chi connectivity index (χ0v) is 34.8. The normalized spacial score (nSPS) is 13.2. The molecule has 2 amide bonds. The quantitative estimate of drug-likeness (QED) is 0.107. The number of likely N-dealkylation sites (N-methyl/N-ethyl adjacent to an activating group) is 1. The SMILES string of the molecule is CC#CN1C(=O)C2=C(c3ccc(N(c4ccc(OC)cc4)c4ccc(OC)cc4)cc3)N(CC)C(=O)C2=C1c1ccc(N(c2ccc(OC)cc2)c2ccc(OC)cc2)cc1.[HH]. The summed E-state index contributed by atoms with van der Waals surface area (Å²) in [4.78, 5) is 36.4. The second-order valence-corrected chi connectivity index (χ2v) is 14.1. The van der Waals surface area contributed by atoms with Crippen LogP contribution in [0.3, 0.4) is 0 Å². The standard InChI is InChI=1S/C51H44N4O6.H2/c1-7-33-53-49(35-11-15-37(16-12-35)55(40-21-29-44(60-5)30-22-40)41-23-31-45(61-6)32-24-41)47-46(51(53)57)48(52(8-2)50(47)56)34-9-13-36(14-10-34)54(38-17-25-42(58-3)26-18-38)39-19-27-43(59-4)28-20-39;/h9-32H,8H2,1-6H3;1H. The first-order valence-corrected chi connectivity index (χ1v) is 19.8. The molecule has 2 heterocycles. The van der Waals surface area contributed by atoms with E-state index in [0.717, 1.165) is 62.7 Å². The molecule has 0 bridgehead atoms. The van der Waals surface area contributed by atoms with Gasteiger partial charge < -0.3 is 33.6 Å². The van der Waals surface area contributed by atoms with E-state index in [1.165, 1.54) is 4.90 Å². The highest BCUT2D eigenvalue weighted by molar-refractivity contribution is 6.30. The Hall–Kier alpha value is -7.90. The van der Waals surface area contributed by atoms with Crippen LogP contribution < -0.4 is 28.7 Å². The summed E-state index contributed by atoms with van der Waals surface area (Å²) in [5.41, 5.74) is 8.51. The van der Waals surface area contributed by atoms with Crippen LogP contribution >= 0.6 is 0 Å². The third-order valence-corrected chi connectivity index (χ3v) is 10.8. The molecule has 10 nitrogen and oxygen atoms in total. The van der Waals surface area contributed by atoms with E-state index in [1.807, 2.05) is 153 Å². The zero-order valence-electron chi connectivity index (χ0n) is 34.8. The highest BCUT2D eigenvalue weighted by Gasteiger charge is 2.48. The summed E-state index contributed by atoms with van der Waals surface area (Å²) in [5.74, 6) is 5.30. The topological polar surface area (TPSA) is 84.0 Å². The molecule has 0 radical (unpaired) electrons.